The minimum Gasteiger partial charge on any atom is -0.444 e. The van der Waals surface area contributed by atoms with Crippen molar-refractivity contribution in [2.75, 3.05) is 13.1 Å². The van der Waals surface area contributed by atoms with Gasteiger partial charge < -0.3 is 15.4 Å². The number of ether oxygens (including phenoxy) is 1. The van der Waals surface area contributed by atoms with Crippen LogP contribution in [0.3, 0.4) is 0 Å². The highest BCUT2D eigenvalue weighted by atomic mass is 16.6. The monoisotopic (exact) mass is 282 g/mol. The number of hydrogen-bond donors (Lipinski definition) is 1. The van der Waals surface area contributed by atoms with Crippen molar-refractivity contribution >= 4 is 6.09 Å². The first kappa shape index (κ1) is 15.6. The molecule has 1 saturated carbocycles. The highest BCUT2D eigenvalue weighted by Crippen LogP contribution is 2.35. The average Bonchev–Trinajstić information content (AvgIpc) is 2.37. The van der Waals surface area contributed by atoms with Gasteiger partial charge in [-0.2, -0.15) is 0 Å². The van der Waals surface area contributed by atoms with E-state index >= 15 is 0 Å². The molecular formula is C16H30N2O2. The Bertz CT molecular complexity index is 330. The van der Waals surface area contributed by atoms with Crippen molar-refractivity contribution in [2.24, 2.45) is 17.6 Å². The first-order valence-electron chi connectivity index (χ1n) is 8.10. The molecule has 0 aromatic heterocycles. The SMILES string of the molecule is CC(C)(C)OC(=O)N1CCC([C@H]2CCCC[C@H]2N)CC1. The van der Waals surface area contributed by atoms with E-state index in [1.807, 2.05) is 25.7 Å². The van der Waals surface area contributed by atoms with Crippen molar-refractivity contribution in [1.82, 2.24) is 4.90 Å². The maximum atomic E-state index is 12.0. The van der Waals surface area contributed by atoms with Crippen molar-refractivity contribution in [2.45, 2.75) is 70.9 Å². The zero-order chi connectivity index (χ0) is 14.8. The Morgan fingerprint density at radius 2 is 1.70 bits per heavy atom. The number of likely N-dealkylation sites (tertiary alicyclic amines) is 1. The molecule has 116 valence electrons. The second-order valence-electron chi connectivity index (χ2n) is 7.42. The van der Waals surface area contributed by atoms with Gasteiger partial charge >= 0.3 is 6.09 Å². The molecule has 1 aliphatic carbocycles. The van der Waals surface area contributed by atoms with Gasteiger partial charge in [0.15, 0.2) is 0 Å². The smallest absolute Gasteiger partial charge is 0.410 e. The van der Waals surface area contributed by atoms with Crippen LogP contribution in [-0.4, -0.2) is 35.7 Å². The summed E-state index contributed by atoms with van der Waals surface area (Å²) in [5.74, 6) is 1.37. The number of nitrogens with zero attached hydrogens (tertiary/aromatic N) is 1. The van der Waals surface area contributed by atoms with E-state index in [1.165, 1.54) is 25.7 Å². The minimum atomic E-state index is -0.403. The molecule has 2 aliphatic rings. The maximum Gasteiger partial charge on any atom is 0.410 e. The average molecular weight is 282 g/mol. The van der Waals surface area contributed by atoms with Crippen LogP contribution in [0.15, 0.2) is 0 Å². The zero-order valence-corrected chi connectivity index (χ0v) is 13.2. The molecule has 1 aliphatic heterocycles. The van der Waals surface area contributed by atoms with Crippen molar-refractivity contribution in [3.8, 4) is 0 Å². The number of piperidine rings is 1. The zero-order valence-electron chi connectivity index (χ0n) is 13.2. The molecule has 2 fully saturated rings. The van der Waals surface area contributed by atoms with Gasteiger partial charge in [0.2, 0.25) is 0 Å². The van der Waals surface area contributed by atoms with E-state index in [0.29, 0.717) is 17.9 Å². The van der Waals surface area contributed by atoms with Crippen LogP contribution in [0, 0.1) is 11.8 Å². The van der Waals surface area contributed by atoms with Crippen molar-refractivity contribution in [3.05, 3.63) is 0 Å². The fourth-order valence-corrected chi connectivity index (χ4v) is 3.61. The fraction of sp³-hybridized carbons (Fsp3) is 0.938. The number of carbonyl (C=O) groups excluding carboxylic acids is 1. The summed E-state index contributed by atoms with van der Waals surface area (Å²) in [6, 6.07) is 0.377. The summed E-state index contributed by atoms with van der Waals surface area (Å²) >= 11 is 0. The summed E-state index contributed by atoms with van der Waals surface area (Å²) in [4.78, 5) is 13.9. The van der Waals surface area contributed by atoms with E-state index in [-0.39, 0.29) is 6.09 Å². The van der Waals surface area contributed by atoms with E-state index in [9.17, 15) is 4.79 Å². The van der Waals surface area contributed by atoms with Gasteiger partial charge in [-0.05, 0) is 58.3 Å². The highest BCUT2D eigenvalue weighted by molar-refractivity contribution is 5.68. The van der Waals surface area contributed by atoms with Crippen LogP contribution >= 0.6 is 0 Å². The van der Waals surface area contributed by atoms with E-state index in [0.717, 1.165) is 25.9 Å². The Kier molecular flexibility index (Phi) is 4.95. The van der Waals surface area contributed by atoms with Crippen LogP contribution in [0.25, 0.3) is 0 Å². The Labute approximate surface area is 123 Å². The molecule has 2 atom stereocenters. The predicted molar refractivity (Wildman–Crippen MR) is 80.5 cm³/mol. The minimum absolute atomic E-state index is 0.163. The van der Waals surface area contributed by atoms with Crippen LogP contribution < -0.4 is 5.73 Å². The standard InChI is InChI=1S/C16H30N2O2/c1-16(2,3)20-15(19)18-10-8-12(9-11-18)13-6-4-5-7-14(13)17/h12-14H,4-11,17H2,1-3H3/t13-,14-/m1/s1. The Hall–Kier alpha value is -0.770. The van der Waals surface area contributed by atoms with E-state index in [4.69, 9.17) is 10.5 Å². The number of amides is 1. The molecule has 0 aromatic rings. The van der Waals surface area contributed by atoms with Crippen LogP contribution in [0.1, 0.15) is 59.3 Å². The second kappa shape index (κ2) is 6.33. The van der Waals surface area contributed by atoms with Gasteiger partial charge in [-0.3, -0.25) is 0 Å². The van der Waals surface area contributed by atoms with Crippen LogP contribution in [0.5, 0.6) is 0 Å². The lowest BCUT2D eigenvalue weighted by molar-refractivity contribution is 0.0142. The molecule has 2 rings (SSSR count). The molecule has 4 nitrogen and oxygen atoms in total. The topological polar surface area (TPSA) is 55.6 Å². The normalized spacial score (nSPS) is 29.3. The molecule has 0 bridgehead atoms. The summed E-state index contributed by atoms with van der Waals surface area (Å²) in [5.41, 5.74) is 5.88. The summed E-state index contributed by atoms with van der Waals surface area (Å²) in [7, 11) is 0. The molecule has 1 saturated heterocycles. The Morgan fingerprint density at radius 1 is 1.10 bits per heavy atom. The Morgan fingerprint density at radius 3 is 2.25 bits per heavy atom. The van der Waals surface area contributed by atoms with Gasteiger partial charge in [0.25, 0.3) is 0 Å². The van der Waals surface area contributed by atoms with E-state index < -0.39 is 5.60 Å². The molecule has 4 heteroatoms. The van der Waals surface area contributed by atoms with Gasteiger partial charge in [-0.25, -0.2) is 4.79 Å². The molecule has 0 spiro atoms. The first-order valence-corrected chi connectivity index (χ1v) is 8.10. The summed E-state index contributed by atoms with van der Waals surface area (Å²) < 4.78 is 5.44. The lowest BCUT2D eigenvalue weighted by atomic mass is 9.73. The quantitative estimate of drug-likeness (QED) is 0.803. The highest BCUT2D eigenvalue weighted by Gasteiger charge is 2.34. The molecule has 1 amide bonds. The summed E-state index contributed by atoms with van der Waals surface area (Å²) in [5, 5.41) is 0. The largest absolute Gasteiger partial charge is 0.444 e. The lowest BCUT2D eigenvalue weighted by Crippen LogP contribution is -2.46. The number of carbonyl (C=O) groups is 1. The van der Waals surface area contributed by atoms with Gasteiger partial charge in [-0.1, -0.05) is 12.8 Å². The van der Waals surface area contributed by atoms with E-state index in [1.54, 1.807) is 0 Å². The van der Waals surface area contributed by atoms with Crippen LogP contribution in [-0.2, 0) is 4.74 Å². The molecule has 20 heavy (non-hydrogen) atoms. The van der Waals surface area contributed by atoms with Crippen molar-refractivity contribution < 1.29 is 9.53 Å². The molecular weight excluding hydrogens is 252 g/mol. The number of rotatable bonds is 1. The van der Waals surface area contributed by atoms with Gasteiger partial charge in [0, 0.05) is 19.1 Å². The number of hydrogen-bond acceptors (Lipinski definition) is 3. The third-order valence-corrected chi connectivity index (χ3v) is 4.67. The maximum absolute atomic E-state index is 12.0. The summed E-state index contributed by atoms with van der Waals surface area (Å²) in [6.45, 7) is 7.39. The Balaban J connectivity index is 1.81. The molecule has 0 radical (unpaired) electrons. The van der Waals surface area contributed by atoms with Crippen molar-refractivity contribution in [3.63, 3.8) is 0 Å². The molecule has 0 unspecified atom stereocenters. The van der Waals surface area contributed by atoms with E-state index in [2.05, 4.69) is 0 Å². The lowest BCUT2D eigenvalue weighted by Gasteiger charge is -2.40. The second-order valence-corrected chi connectivity index (χ2v) is 7.42. The predicted octanol–water partition coefficient (Wildman–Crippen LogP) is 3.15. The number of nitrogens with two attached hydrogens (primary N) is 1. The van der Waals surface area contributed by atoms with Crippen molar-refractivity contribution in [1.29, 1.82) is 0 Å². The molecule has 0 aromatic carbocycles. The third kappa shape index (κ3) is 4.11. The first-order chi connectivity index (χ1) is 9.37. The molecule has 1 heterocycles. The third-order valence-electron chi connectivity index (χ3n) is 4.67. The van der Waals surface area contributed by atoms with Gasteiger partial charge in [0.05, 0.1) is 0 Å². The van der Waals surface area contributed by atoms with Gasteiger partial charge in [-0.15, -0.1) is 0 Å². The fourth-order valence-electron chi connectivity index (χ4n) is 3.61. The van der Waals surface area contributed by atoms with Crippen LogP contribution in [0.2, 0.25) is 0 Å². The summed E-state index contributed by atoms with van der Waals surface area (Å²) in [6.07, 6.45) is 7.06. The molecule has 2 N–H and O–H groups in total. The van der Waals surface area contributed by atoms with Gasteiger partial charge in [0.1, 0.15) is 5.60 Å². The van der Waals surface area contributed by atoms with Crippen LogP contribution in [0.4, 0.5) is 4.79 Å².